The molecule has 4 rings (SSSR count). The number of hydrogen-bond acceptors (Lipinski definition) is 2. The maximum absolute atomic E-state index is 12.8. The van der Waals surface area contributed by atoms with Gasteiger partial charge in [0.2, 0.25) is 5.43 Å². The SMILES string of the molecule is CCc1ccc(NC(=O)c2cn3c4c(cccc4c2=O)C[C@H]3C)cc1. The molecule has 0 radical (unpaired) electrons. The first-order valence-corrected chi connectivity index (χ1v) is 8.65. The van der Waals surface area contributed by atoms with Crippen molar-refractivity contribution < 1.29 is 4.79 Å². The first kappa shape index (κ1) is 15.6. The molecule has 1 N–H and O–H groups in total. The highest BCUT2D eigenvalue weighted by Gasteiger charge is 2.24. The Morgan fingerprint density at radius 1 is 1.20 bits per heavy atom. The molecular weight excluding hydrogens is 312 g/mol. The lowest BCUT2D eigenvalue weighted by Crippen LogP contribution is -2.23. The topological polar surface area (TPSA) is 51.1 Å². The van der Waals surface area contributed by atoms with E-state index in [9.17, 15) is 9.59 Å². The van der Waals surface area contributed by atoms with Gasteiger partial charge in [0, 0.05) is 23.3 Å². The second-order valence-electron chi connectivity index (χ2n) is 6.65. The Morgan fingerprint density at radius 2 is 1.96 bits per heavy atom. The highest BCUT2D eigenvalue weighted by atomic mass is 16.2. The zero-order valence-electron chi connectivity index (χ0n) is 14.4. The number of aryl methyl sites for hydroxylation is 1. The summed E-state index contributed by atoms with van der Waals surface area (Å²) in [5, 5.41) is 3.47. The Bertz CT molecular complexity index is 1030. The van der Waals surface area contributed by atoms with Crippen molar-refractivity contribution in [3.05, 3.63) is 75.6 Å². The van der Waals surface area contributed by atoms with E-state index in [1.54, 1.807) is 6.20 Å². The van der Waals surface area contributed by atoms with Crippen molar-refractivity contribution in [3.63, 3.8) is 0 Å². The quantitative estimate of drug-likeness (QED) is 0.790. The number of anilines is 1. The number of aromatic nitrogens is 1. The summed E-state index contributed by atoms with van der Waals surface area (Å²) in [5.74, 6) is -0.357. The minimum atomic E-state index is -0.357. The zero-order valence-corrected chi connectivity index (χ0v) is 14.4. The second-order valence-corrected chi connectivity index (χ2v) is 6.65. The number of carbonyl (C=O) groups is 1. The summed E-state index contributed by atoms with van der Waals surface area (Å²) in [6, 6.07) is 13.7. The average molecular weight is 332 g/mol. The Labute approximate surface area is 146 Å². The van der Waals surface area contributed by atoms with E-state index in [0.29, 0.717) is 11.1 Å². The minimum absolute atomic E-state index is 0.193. The fraction of sp³-hybridized carbons (Fsp3) is 0.238. The Hall–Kier alpha value is -2.88. The molecule has 1 aliphatic rings. The van der Waals surface area contributed by atoms with E-state index in [4.69, 9.17) is 0 Å². The van der Waals surface area contributed by atoms with Crippen molar-refractivity contribution in [3.8, 4) is 0 Å². The average Bonchev–Trinajstić information content (AvgIpc) is 2.95. The smallest absolute Gasteiger partial charge is 0.261 e. The van der Waals surface area contributed by atoms with E-state index in [-0.39, 0.29) is 22.9 Å². The predicted octanol–water partition coefficient (Wildman–Crippen LogP) is 3.93. The van der Waals surface area contributed by atoms with Gasteiger partial charge in [-0.3, -0.25) is 9.59 Å². The van der Waals surface area contributed by atoms with Gasteiger partial charge in [-0.25, -0.2) is 0 Å². The molecule has 0 unspecified atom stereocenters. The van der Waals surface area contributed by atoms with Crippen molar-refractivity contribution in [2.45, 2.75) is 32.7 Å². The third-order valence-electron chi connectivity index (χ3n) is 4.99. The third kappa shape index (κ3) is 2.54. The van der Waals surface area contributed by atoms with Crippen LogP contribution in [0.25, 0.3) is 10.9 Å². The minimum Gasteiger partial charge on any atom is -0.343 e. The van der Waals surface area contributed by atoms with Gasteiger partial charge in [-0.1, -0.05) is 31.2 Å². The molecule has 0 aliphatic carbocycles. The Kier molecular flexibility index (Phi) is 3.68. The van der Waals surface area contributed by atoms with Gasteiger partial charge >= 0.3 is 0 Å². The molecule has 0 fully saturated rings. The molecule has 4 heteroatoms. The maximum atomic E-state index is 12.8. The van der Waals surface area contributed by atoms with Crippen molar-refractivity contribution >= 4 is 22.5 Å². The number of hydrogen-bond donors (Lipinski definition) is 1. The van der Waals surface area contributed by atoms with Crippen LogP contribution in [0.5, 0.6) is 0 Å². The van der Waals surface area contributed by atoms with Crippen molar-refractivity contribution in [2.24, 2.45) is 0 Å². The zero-order chi connectivity index (χ0) is 17.6. The molecule has 2 heterocycles. The second kappa shape index (κ2) is 5.88. The summed E-state index contributed by atoms with van der Waals surface area (Å²) in [4.78, 5) is 25.5. The molecule has 1 aromatic heterocycles. The predicted molar refractivity (Wildman–Crippen MR) is 100 cm³/mol. The van der Waals surface area contributed by atoms with Crippen LogP contribution in [-0.2, 0) is 12.8 Å². The van der Waals surface area contributed by atoms with Crippen LogP contribution in [0.4, 0.5) is 5.69 Å². The monoisotopic (exact) mass is 332 g/mol. The number of benzene rings is 2. The molecule has 2 aromatic carbocycles. The van der Waals surface area contributed by atoms with Crippen LogP contribution in [0, 0.1) is 0 Å². The van der Waals surface area contributed by atoms with Gasteiger partial charge in [0.25, 0.3) is 5.91 Å². The molecular formula is C21H20N2O2. The number of para-hydroxylation sites is 1. The summed E-state index contributed by atoms with van der Waals surface area (Å²) in [5.41, 5.74) is 4.03. The van der Waals surface area contributed by atoms with Crippen LogP contribution >= 0.6 is 0 Å². The molecule has 1 atom stereocenters. The van der Waals surface area contributed by atoms with Gasteiger partial charge in [0.05, 0.1) is 5.52 Å². The summed E-state index contributed by atoms with van der Waals surface area (Å²) in [7, 11) is 0. The first-order valence-electron chi connectivity index (χ1n) is 8.65. The fourth-order valence-electron chi connectivity index (χ4n) is 3.60. The van der Waals surface area contributed by atoms with E-state index >= 15 is 0 Å². The Balaban J connectivity index is 1.76. The number of pyridine rings is 1. The molecule has 126 valence electrons. The first-order chi connectivity index (χ1) is 12.1. The summed E-state index contributed by atoms with van der Waals surface area (Å²) in [6.07, 6.45) is 3.55. The van der Waals surface area contributed by atoms with Crippen molar-refractivity contribution in [1.29, 1.82) is 0 Å². The van der Waals surface area contributed by atoms with E-state index < -0.39 is 0 Å². The van der Waals surface area contributed by atoms with E-state index in [1.807, 2.05) is 36.4 Å². The molecule has 0 spiro atoms. The third-order valence-corrected chi connectivity index (χ3v) is 4.99. The fourth-order valence-corrected chi connectivity index (χ4v) is 3.60. The molecule has 0 saturated heterocycles. The standard InChI is InChI=1S/C21H20N2O2/c1-3-14-7-9-16(10-8-14)22-21(25)18-12-23-13(2)11-15-5-4-6-17(19(15)23)20(18)24/h4-10,12-13H,3,11H2,1-2H3,(H,22,25)/t13-/m1/s1. The molecule has 1 amide bonds. The number of carbonyl (C=O) groups excluding carboxylic acids is 1. The molecule has 0 bridgehead atoms. The molecule has 1 aliphatic heterocycles. The van der Waals surface area contributed by atoms with E-state index in [1.165, 1.54) is 11.1 Å². The van der Waals surface area contributed by atoms with Gasteiger partial charge < -0.3 is 9.88 Å². The van der Waals surface area contributed by atoms with E-state index in [0.717, 1.165) is 18.4 Å². The van der Waals surface area contributed by atoms with Crippen molar-refractivity contribution in [2.75, 3.05) is 5.32 Å². The highest BCUT2D eigenvalue weighted by molar-refractivity contribution is 6.06. The van der Waals surface area contributed by atoms with Gasteiger partial charge in [0.1, 0.15) is 5.56 Å². The van der Waals surface area contributed by atoms with Crippen LogP contribution in [-0.4, -0.2) is 10.5 Å². The number of rotatable bonds is 3. The molecule has 4 nitrogen and oxygen atoms in total. The van der Waals surface area contributed by atoms with E-state index in [2.05, 4.69) is 29.8 Å². The lowest BCUT2D eigenvalue weighted by molar-refractivity contribution is 0.102. The van der Waals surface area contributed by atoms with Gasteiger partial charge in [-0.2, -0.15) is 0 Å². The van der Waals surface area contributed by atoms with Gasteiger partial charge in [-0.05, 0) is 49.1 Å². The lowest BCUT2D eigenvalue weighted by Gasteiger charge is -2.13. The normalized spacial score (nSPS) is 15.5. The van der Waals surface area contributed by atoms with Gasteiger partial charge in [-0.15, -0.1) is 0 Å². The highest BCUT2D eigenvalue weighted by Crippen LogP contribution is 2.30. The molecule has 0 saturated carbocycles. The summed E-state index contributed by atoms with van der Waals surface area (Å²) >= 11 is 0. The number of amides is 1. The number of nitrogens with one attached hydrogen (secondary N) is 1. The van der Waals surface area contributed by atoms with Crippen LogP contribution in [0.3, 0.4) is 0 Å². The van der Waals surface area contributed by atoms with Crippen LogP contribution in [0.15, 0.2) is 53.5 Å². The van der Waals surface area contributed by atoms with Crippen LogP contribution in [0.2, 0.25) is 0 Å². The summed E-state index contributed by atoms with van der Waals surface area (Å²) < 4.78 is 2.06. The maximum Gasteiger partial charge on any atom is 0.261 e. The molecule has 25 heavy (non-hydrogen) atoms. The lowest BCUT2D eigenvalue weighted by atomic mass is 10.1. The van der Waals surface area contributed by atoms with Gasteiger partial charge in [0.15, 0.2) is 0 Å². The summed E-state index contributed by atoms with van der Waals surface area (Å²) in [6.45, 7) is 4.19. The van der Waals surface area contributed by atoms with Crippen LogP contribution < -0.4 is 10.7 Å². The Morgan fingerprint density at radius 3 is 2.68 bits per heavy atom. The van der Waals surface area contributed by atoms with Crippen LogP contribution in [0.1, 0.15) is 41.4 Å². The largest absolute Gasteiger partial charge is 0.343 e. The number of nitrogens with zero attached hydrogens (tertiary/aromatic N) is 1. The molecule has 3 aromatic rings. The van der Waals surface area contributed by atoms with Crippen molar-refractivity contribution in [1.82, 2.24) is 4.57 Å².